The minimum absolute atomic E-state index is 0.149. The van der Waals surface area contributed by atoms with Crippen molar-refractivity contribution >= 4 is 39.1 Å². The fourth-order valence-electron chi connectivity index (χ4n) is 1.72. The number of aliphatic carboxylic acids is 1. The van der Waals surface area contributed by atoms with Gasteiger partial charge in [-0.05, 0) is 22.9 Å². The number of nitrogens with one attached hydrogen (secondary N) is 1. The second-order valence-electron chi connectivity index (χ2n) is 4.32. The van der Waals surface area contributed by atoms with Crippen molar-refractivity contribution in [2.24, 2.45) is 0 Å². The van der Waals surface area contributed by atoms with Gasteiger partial charge in [-0.2, -0.15) is 0 Å². The number of amides is 1. The molecular weight excluding hydrogens is 376 g/mol. The van der Waals surface area contributed by atoms with E-state index in [1.54, 1.807) is 0 Å². The number of carboxylic acid groups (broad SMARTS) is 1. The molecule has 2 aromatic rings. The Morgan fingerprint density at radius 3 is 2.91 bits per heavy atom. The van der Waals surface area contributed by atoms with Gasteiger partial charge in [-0.1, -0.05) is 5.21 Å². The van der Waals surface area contributed by atoms with Crippen LogP contribution in [0.25, 0.3) is 0 Å². The van der Waals surface area contributed by atoms with Crippen LogP contribution in [0.15, 0.2) is 10.7 Å². The number of aromatic nitrogens is 3. The summed E-state index contributed by atoms with van der Waals surface area (Å²) in [4.78, 5) is 24.2. The standard InChI is InChI=1S/C12H13BrN4O4S/c1-6-9(13)10(21-2)11(22-6)12(20)14-3-7-4-17(16-15-7)5-8(18)19/h4H,3,5H2,1-2H3,(H,14,20)(H,18,19). The predicted molar refractivity (Wildman–Crippen MR) is 82.1 cm³/mol. The number of rotatable bonds is 6. The number of thiophene rings is 1. The molecule has 8 nitrogen and oxygen atoms in total. The SMILES string of the molecule is COc1c(C(=O)NCc2cn(CC(=O)O)nn2)sc(C)c1Br. The van der Waals surface area contributed by atoms with Crippen LogP contribution in [0.5, 0.6) is 5.75 Å². The number of carbonyl (C=O) groups excluding carboxylic acids is 1. The lowest BCUT2D eigenvalue weighted by Gasteiger charge is -2.04. The van der Waals surface area contributed by atoms with Gasteiger partial charge in [0.1, 0.15) is 17.1 Å². The van der Waals surface area contributed by atoms with E-state index in [0.717, 1.165) is 9.35 Å². The maximum Gasteiger partial charge on any atom is 0.325 e. The Balaban J connectivity index is 2.02. The van der Waals surface area contributed by atoms with E-state index in [-0.39, 0.29) is 19.0 Å². The highest BCUT2D eigenvalue weighted by Gasteiger charge is 2.20. The van der Waals surface area contributed by atoms with Gasteiger partial charge in [0, 0.05) is 4.88 Å². The van der Waals surface area contributed by atoms with Crippen molar-refractivity contribution in [3.05, 3.63) is 26.1 Å². The zero-order valence-corrected chi connectivity index (χ0v) is 14.2. The van der Waals surface area contributed by atoms with Gasteiger partial charge in [0.15, 0.2) is 5.75 Å². The number of carboxylic acids is 1. The molecule has 0 saturated carbocycles. The highest BCUT2D eigenvalue weighted by Crippen LogP contribution is 2.38. The number of hydrogen-bond acceptors (Lipinski definition) is 6. The Hall–Kier alpha value is -1.94. The minimum Gasteiger partial charge on any atom is -0.494 e. The van der Waals surface area contributed by atoms with Gasteiger partial charge in [0.25, 0.3) is 5.91 Å². The molecule has 0 aliphatic carbocycles. The summed E-state index contributed by atoms with van der Waals surface area (Å²) in [6, 6.07) is 0. The zero-order valence-electron chi connectivity index (χ0n) is 11.8. The molecule has 22 heavy (non-hydrogen) atoms. The minimum atomic E-state index is -1.01. The van der Waals surface area contributed by atoms with Crippen molar-refractivity contribution < 1.29 is 19.4 Å². The summed E-state index contributed by atoms with van der Waals surface area (Å²) in [5, 5.41) is 18.8. The monoisotopic (exact) mass is 388 g/mol. The van der Waals surface area contributed by atoms with Crippen LogP contribution in [0, 0.1) is 6.92 Å². The van der Waals surface area contributed by atoms with E-state index in [9.17, 15) is 9.59 Å². The smallest absolute Gasteiger partial charge is 0.325 e. The van der Waals surface area contributed by atoms with Crippen LogP contribution >= 0.6 is 27.3 Å². The van der Waals surface area contributed by atoms with Crippen LogP contribution in [-0.4, -0.2) is 39.1 Å². The van der Waals surface area contributed by atoms with E-state index in [4.69, 9.17) is 9.84 Å². The zero-order chi connectivity index (χ0) is 16.3. The van der Waals surface area contributed by atoms with Gasteiger partial charge in [-0.25, -0.2) is 4.68 Å². The molecular formula is C12H13BrN4O4S. The van der Waals surface area contributed by atoms with Crippen molar-refractivity contribution in [3.8, 4) is 5.75 Å². The fraction of sp³-hybridized carbons (Fsp3) is 0.333. The third-order valence-electron chi connectivity index (χ3n) is 2.69. The van der Waals surface area contributed by atoms with Gasteiger partial charge in [-0.15, -0.1) is 16.4 Å². The predicted octanol–water partition coefficient (Wildman–Crippen LogP) is 1.43. The second kappa shape index (κ2) is 6.88. The summed E-state index contributed by atoms with van der Waals surface area (Å²) in [6.07, 6.45) is 1.47. The average Bonchev–Trinajstić information content (AvgIpc) is 3.01. The molecule has 2 N–H and O–H groups in total. The quantitative estimate of drug-likeness (QED) is 0.774. The highest BCUT2D eigenvalue weighted by atomic mass is 79.9. The maximum atomic E-state index is 12.2. The van der Waals surface area contributed by atoms with Gasteiger partial charge in [0.2, 0.25) is 0 Å². The summed E-state index contributed by atoms with van der Waals surface area (Å²) < 4.78 is 7.18. The van der Waals surface area contributed by atoms with Crippen LogP contribution < -0.4 is 10.1 Å². The number of halogens is 1. The number of aryl methyl sites for hydroxylation is 1. The molecule has 0 saturated heterocycles. The molecule has 0 atom stereocenters. The van der Waals surface area contributed by atoms with E-state index in [0.29, 0.717) is 16.3 Å². The summed E-state index contributed by atoms with van der Waals surface area (Å²) in [6.45, 7) is 1.76. The first-order valence-electron chi connectivity index (χ1n) is 6.14. The van der Waals surface area contributed by atoms with E-state index < -0.39 is 5.97 Å². The molecule has 0 spiro atoms. The molecule has 10 heteroatoms. The largest absolute Gasteiger partial charge is 0.494 e. The molecule has 0 aliphatic heterocycles. The number of methoxy groups -OCH3 is 1. The van der Waals surface area contributed by atoms with E-state index in [1.807, 2.05) is 6.92 Å². The number of nitrogens with zero attached hydrogens (tertiary/aromatic N) is 3. The molecule has 0 fully saturated rings. The molecule has 2 aromatic heterocycles. The van der Waals surface area contributed by atoms with Gasteiger partial charge >= 0.3 is 5.97 Å². The van der Waals surface area contributed by atoms with E-state index in [2.05, 4.69) is 31.6 Å². The first-order valence-corrected chi connectivity index (χ1v) is 7.75. The third-order valence-corrected chi connectivity index (χ3v) is 5.00. The Kier molecular flexibility index (Phi) is 5.14. The first kappa shape index (κ1) is 16.4. The summed E-state index contributed by atoms with van der Waals surface area (Å²) >= 11 is 4.70. The van der Waals surface area contributed by atoms with E-state index >= 15 is 0 Å². The Morgan fingerprint density at radius 1 is 1.55 bits per heavy atom. The molecule has 0 bridgehead atoms. The molecule has 0 aliphatic rings. The third kappa shape index (κ3) is 3.63. The summed E-state index contributed by atoms with van der Waals surface area (Å²) in [7, 11) is 1.50. The van der Waals surface area contributed by atoms with Crippen LogP contribution in [-0.2, 0) is 17.9 Å². The number of hydrogen-bond donors (Lipinski definition) is 2. The van der Waals surface area contributed by atoms with Crippen LogP contribution in [0.4, 0.5) is 0 Å². The lowest BCUT2D eigenvalue weighted by Crippen LogP contribution is -2.22. The molecule has 0 aromatic carbocycles. The molecule has 0 unspecified atom stereocenters. The van der Waals surface area contributed by atoms with Crippen molar-refractivity contribution in [3.63, 3.8) is 0 Å². The van der Waals surface area contributed by atoms with Crippen LogP contribution in [0.1, 0.15) is 20.2 Å². The highest BCUT2D eigenvalue weighted by molar-refractivity contribution is 9.10. The van der Waals surface area contributed by atoms with Crippen molar-refractivity contribution in [2.75, 3.05) is 7.11 Å². The fourth-order valence-corrected chi connectivity index (χ4v) is 3.39. The van der Waals surface area contributed by atoms with Gasteiger partial charge in [-0.3, -0.25) is 9.59 Å². The van der Waals surface area contributed by atoms with E-state index in [1.165, 1.54) is 29.3 Å². The summed E-state index contributed by atoms with van der Waals surface area (Å²) in [5.74, 6) is -0.804. The Labute approximate surface area is 138 Å². The van der Waals surface area contributed by atoms with Crippen molar-refractivity contribution in [1.82, 2.24) is 20.3 Å². The Morgan fingerprint density at radius 2 is 2.27 bits per heavy atom. The van der Waals surface area contributed by atoms with Crippen molar-refractivity contribution in [2.45, 2.75) is 20.0 Å². The summed E-state index contributed by atoms with van der Waals surface area (Å²) in [5.41, 5.74) is 0.473. The number of ether oxygens (including phenoxy) is 1. The van der Waals surface area contributed by atoms with Crippen LogP contribution in [0.2, 0.25) is 0 Å². The first-order chi connectivity index (χ1) is 10.4. The van der Waals surface area contributed by atoms with Gasteiger partial charge in [0.05, 0.1) is 24.3 Å². The second-order valence-corrected chi connectivity index (χ2v) is 6.34. The topological polar surface area (TPSA) is 106 Å². The lowest BCUT2D eigenvalue weighted by atomic mass is 10.3. The normalized spacial score (nSPS) is 10.5. The van der Waals surface area contributed by atoms with Crippen molar-refractivity contribution in [1.29, 1.82) is 0 Å². The molecule has 1 amide bonds. The molecule has 0 radical (unpaired) electrons. The van der Waals surface area contributed by atoms with Gasteiger partial charge < -0.3 is 15.2 Å². The molecule has 2 rings (SSSR count). The van der Waals surface area contributed by atoms with Crippen LogP contribution in [0.3, 0.4) is 0 Å². The number of carbonyl (C=O) groups is 2. The average molecular weight is 389 g/mol. The molecule has 118 valence electrons. The lowest BCUT2D eigenvalue weighted by molar-refractivity contribution is -0.137. The molecule has 2 heterocycles. The maximum absolute atomic E-state index is 12.2. The Bertz CT molecular complexity index is 712.